The molecular formula is C13H23N3S. The van der Waals surface area contributed by atoms with Gasteiger partial charge in [0.25, 0.3) is 0 Å². The Morgan fingerprint density at radius 3 is 3.00 bits per heavy atom. The summed E-state index contributed by atoms with van der Waals surface area (Å²) >= 11 is 2.02. The predicted octanol–water partition coefficient (Wildman–Crippen LogP) is 2.23. The third-order valence-corrected chi connectivity index (χ3v) is 4.89. The van der Waals surface area contributed by atoms with Crippen LogP contribution < -0.4 is 5.32 Å². The third kappa shape index (κ3) is 3.49. The first kappa shape index (κ1) is 13.0. The lowest BCUT2D eigenvalue weighted by Crippen LogP contribution is -2.41. The Morgan fingerprint density at radius 2 is 2.29 bits per heavy atom. The van der Waals surface area contributed by atoms with Crippen molar-refractivity contribution in [2.24, 2.45) is 7.05 Å². The number of hydrogen-bond donors (Lipinski definition) is 1. The van der Waals surface area contributed by atoms with E-state index in [1.807, 2.05) is 29.7 Å². The molecule has 1 aromatic heterocycles. The van der Waals surface area contributed by atoms with Gasteiger partial charge in [-0.3, -0.25) is 4.68 Å². The zero-order valence-electron chi connectivity index (χ0n) is 10.9. The predicted molar refractivity (Wildman–Crippen MR) is 74.5 cm³/mol. The molecule has 1 fully saturated rings. The van der Waals surface area contributed by atoms with Crippen molar-refractivity contribution >= 4 is 11.8 Å². The minimum Gasteiger partial charge on any atom is -0.312 e. The van der Waals surface area contributed by atoms with E-state index in [0.717, 1.165) is 18.2 Å². The van der Waals surface area contributed by atoms with Crippen molar-refractivity contribution in [1.82, 2.24) is 15.1 Å². The van der Waals surface area contributed by atoms with Crippen LogP contribution in [0.5, 0.6) is 0 Å². The summed E-state index contributed by atoms with van der Waals surface area (Å²) < 4.78 is 1.97. The Balaban J connectivity index is 1.75. The Kier molecular flexibility index (Phi) is 4.92. The van der Waals surface area contributed by atoms with Crippen LogP contribution in [-0.4, -0.2) is 33.9 Å². The van der Waals surface area contributed by atoms with Gasteiger partial charge in [0.15, 0.2) is 0 Å². The van der Waals surface area contributed by atoms with E-state index in [1.54, 1.807) is 0 Å². The molecule has 1 aromatic rings. The van der Waals surface area contributed by atoms with E-state index in [-0.39, 0.29) is 0 Å². The standard InChI is InChI=1S/C13H23N3S/c1-16-11(8-10-15-16)7-9-14-12-5-3-4-6-13(12)17-2/h8,10,12-14H,3-7,9H2,1-2H3. The number of hydrogen-bond acceptors (Lipinski definition) is 3. The van der Waals surface area contributed by atoms with Crippen LogP contribution in [0.3, 0.4) is 0 Å². The molecule has 0 radical (unpaired) electrons. The average molecular weight is 253 g/mol. The third-order valence-electron chi connectivity index (χ3n) is 3.72. The van der Waals surface area contributed by atoms with Gasteiger partial charge in [0.1, 0.15) is 0 Å². The monoisotopic (exact) mass is 253 g/mol. The molecule has 0 saturated heterocycles. The van der Waals surface area contributed by atoms with Crippen molar-refractivity contribution in [3.63, 3.8) is 0 Å². The van der Waals surface area contributed by atoms with Crippen LogP contribution in [0.15, 0.2) is 12.3 Å². The summed E-state index contributed by atoms with van der Waals surface area (Å²) in [5, 5.41) is 8.74. The van der Waals surface area contributed by atoms with Gasteiger partial charge in [-0.1, -0.05) is 12.8 Å². The zero-order chi connectivity index (χ0) is 12.1. The Hall–Kier alpha value is -0.480. The molecule has 0 bridgehead atoms. The van der Waals surface area contributed by atoms with Crippen LogP contribution in [0, 0.1) is 0 Å². The highest BCUT2D eigenvalue weighted by atomic mass is 32.2. The molecule has 4 heteroatoms. The largest absolute Gasteiger partial charge is 0.312 e. The summed E-state index contributed by atoms with van der Waals surface area (Å²) in [5.74, 6) is 0. The van der Waals surface area contributed by atoms with Gasteiger partial charge >= 0.3 is 0 Å². The molecule has 0 spiro atoms. The molecule has 2 rings (SSSR count). The molecule has 2 unspecified atom stereocenters. The Labute approximate surface area is 108 Å². The fourth-order valence-electron chi connectivity index (χ4n) is 2.64. The Morgan fingerprint density at radius 1 is 1.47 bits per heavy atom. The summed E-state index contributed by atoms with van der Waals surface area (Å²) in [7, 11) is 2.01. The molecule has 1 N–H and O–H groups in total. The summed E-state index contributed by atoms with van der Waals surface area (Å²) in [6.07, 6.45) is 10.7. The molecule has 0 aromatic carbocycles. The quantitative estimate of drug-likeness (QED) is 0.872. The summed E-state index contributed by atoms with van der Waals surface area (Å²) in [6.45, 7) is 1.07. The molecule has 0 amide bonds. The van der Waals surface area contributed by atoms with E-state index in [1.165, 1.54) is 31.4 Å². The number of rotatable bonds is 5. The lowest BCUT2D eigenvalue weighted by Gasteiger charge is -2.31. The molecule has 1 saturated carbocycles. The van der Waals surface area contributed by atoms with E-state index < -0.39 is 0 Å². The molecule has 1 aliphatic carbocycles. The summed E-state index contributed by atoms with van der Waals surface area (Å²) in [5.41, 5.74) is 1.31. The minimum absolute atomic E-state index is 0.715. The molecule has 17 heavy (non-hydrogen) atoms. The average Bonchev–Trinajstić information content (AvgIpc) is 2.76. The lowest BCUT2D eigenvalue weighted by molar-refractivity contribution is 0.385. The van der Waals surface area contributed by atoms with Gasteiger partial charge in [0.2, 0.25) is 0 Å². The van der Waals surface area contributed by atoms with Crippen LogP contribution in [-0.2, 0) is 13.5 Å². The maximum Gasteiger partial charge on any atom is 0.0492 e. The molecule has 3 nitrogen and oxygen atoms in total. The van der Waals surface area contributed by atoms with Gasteiger partial charge in [-0.25, -0.2) is 0 Å². The Bertz CT molecular complexity index is 337. The first-order valence-corrected chi connectivity index (χ1v) is 7.83. The van der Waals surface area contributed by atoms with Crippen molar-refractivity contribution < 1.29 is 0 Å². The van der Waals surface area contributed by atoms with Crippen LogP contribution in [0.1, 0.15) is 31.4 Å². The second kappa shape index (κ2) is 6.45. The van der Waals surface area contributed by atoms with E-state index in [2.05, 4.69) is 22.7 Å². The minimum atomic E-state index is 0.715. The first-order valence-electron chi connectivity index (χ1n) is 6.54. The summed E-state index contributed by atoms with van der Waals surface area (Å²) in [4.78, 5) is 0. The van der Waals surface area contributed by atoms with Crippen LogP contribution in [0.2, 0.25) is 0 Å². The second-order valence-corrected chi connectivity index (χ2v) is 5.89. The van der Waals surface area contributed by atoms with Crippen molar-refractivity contribution in [3.05, 3.63) is 18.0 Å². The molecule has 1 aliphatic rings. The van der Waals surface area contributed by atoms with Gasteiger partial charge < -0.3 is 5.32 Å². The fraction of sp³-hybridized carbons (Fsp3) is 0.769. The van der Waals surface area contributed by atoms with E-state index in [0.29, 0.717) is 6.04 Å². The van der Waals surface area contributed by atoms with Crippen LogP contribution in [0.25, 0.3) is 0 Å². The lowest BCUT2D eigenvalue weighted by atomic mass is 9.95. The number of thioether (sulfide) groups is 1. The summed E-state index contributed by atoms with van der Waals surface area (Å²) in [6, 6.07) is 2.82. The molecule has 2 atom stereocenters. The molecule has 96 valence electrons. The van der Waals surface area contributed by atoms with Crippen LogP contribution >= 0.6 is 11.8 Å². The van der Waals surface area contributed by atoms with Gasteiger partial charge in [-0.2, -0.15) is 16.9 Å². The highest BCUT2D eigenvalue weighted by molar-refractivity contribution is 7.99. The van der Waals surface area contributed by atoms with E-state index >= 15 is 0 Å². The maximum absolute atomic E-state index is 4.20. The van der Waals surface area contributed by atoms with Gasteiger partial charge in [0.05, 0.1) is 0 Å². The van der Waals surface area contributed by atoms with Crippen molar-refractivity contribution in [2.45, 2.75) is 43.4 Å². The highest BCUT2D eigenvalue weighted by Gasteiger charge is 2.23. The first-order chi connectivity index (χ1) is 8.31. The van der Waals surface area contributed by atoms with E-state index in [4.69, 9.17) is 0 Å². The normalized spacial score (nSPS) is 25.1. The van der Waals surface area contributed by atoms with Gasteiger partial charge in [0, 0.05) is 43.2 Å². The van der Waals surface area contributed by atoms with Gasteiger partial charge in [-0.05, 0) is 25.2 Å². The van der Waals surface area contributed by atoms with Gasteiger partial charge in [-0.15, -0.1) is 0 Å². The van der Waals surface area contributed by atoms with E-state index in [9.17, 15) is 0 Å². The maximum atomic E-state index is 4.20. The molecule has 1 heterocycles. The fourth-order valence-corrected chi connectivity index (χ4v) is 3.61. The number of aromatic nitrogens is 2. The van der Waals surface area contributed by atoms with Crippen LogP contribution in [0.4, 0.5) is 0 Å². The number of nitrogens with one attached hydrogen (secondary N) is 1. The number of aryl methyl sites for hydroxylation is 1. The number of nitrogens with zero attached hydrogens (tertiary/aromatic N) is 2. The SMILES string of the molecule is CSC1CCCCC1NCCc1ccnn1C. The van der Waals surface area contributed by atoms with Crippen molar-refractivity contribution in [2.75, 3.05) is 12.8 Å². The van der Waals surface area contributed by atoms with Crippen molar-refractivity contribution in [1.29, 1.82) is 0 Å². The second-order valence-electron chi connectivity index (χ2n) is 4.82. The molecule has 0 aliphatic heterocycles. The highest BCUT2D eigenvalue weighted by Crippen LogP contribution is 2.26. The molecular weight excluding hydrogens is 230 g/mol. The smallest absolute Gasteiger partial charge is 0.0492 e. The zero-order valence-corrected chi connectivity index (χ0v) is 11.7. The topological polar surface area (TPSA) is 29.9 Å². The van der Waals surface area contributed by atoms with Crippen molar-refractivity contribution in [3.8, 4) is 0 Å².